The summed E-state index contributed by atoms with van der Waals surface area (Å²) in [6.07, 6.45) is 0.815. The Morgan fingerprint density at radius 3 is 2.93 bits per heavy atom. The summed E-state index contributed by atoms with van der Waals surface area (Å²) in [6, 6.07) is 6.26. The van der Waals surface area contributed by atoms with E-state index in [9.17, 15) is 4.39 Å². The molecule has 0 spiro atoms. The monoisotopic (exact) mass is 208 g/mol. The van der Waals surface area contributed by atoms with Crippen LogP contribution >= 0.6 is 0 Å². The van der Waals surface area contributed by atoms with Crippen LogP contribution in [0.15, 0.2) is 18.2 Å². The average Bonchev–Trinajstić information content (AvgIpc) is 2.26. The first-order valence-electron chi connectivity index (χ1n) is 4.70. The van der Waals surface area contributed by atoms with Gasteiger partial charge in [-0.3, -0.25) is 0 Å². The molecule has 4 heteroatoms. The molecule has 0 bridgehead atoms. The zero-order valence-corrected chi connectivity index (χ0v) is 8.59. The van der Waals surface area contributed by atoms with Gasteiger partial charge in [-0.05, 0) is 24.6 Å². The van der Waals surface area contributed by atoms with E-state index in [1.807, 2.05) is 6.07 Å². The Bertz CT molecular complexity index is 360. The number of nitrogens with zero attached hydrogens (tertiary/aromatic N) is 1. The van der Waals surface area contributed by atoms with Gasteiger partial charge in [0.1, 0.15) is 5.82 Å². The van der Waals surface area contributed by atoms with Gasteiger partial charge < -0.3 is 10.1 Å². The Morgan fingerprint density at radius 1 is 1.53 bits per heavy atom. The van der Waals surface area contributed by atoms with E-state index >= 15 is 0 Å². The van der Waals surface area contributed by atoms with Gasteiger partial charge in [0.15, 0.2) is 0 Å². The summed E-state index contributed by atoms with van der Waals surface area (Å²) in [5.41, 5.74) is 0.750. The van der Waals surface area contributed by atoms with Crippen LogP contribution in [0.1, 0.15) is 12.0 Å². The molecule has 0 saturated heterocycles. The number of nitriles is 1. The van der Waals surface area contributed by atoms with E-state index in [1.54, 1.807) is 19.2 Å². The van der Waals surface area contributed by atoms with Crippen molar-refractivity contribution < 1.29 is 9.13 Å². The van der Waals surface area contributed by atoms with Crippen molar-refractivity contribution >= 4 is 5.69 Å². The van der Waals surface area contributed by atoms with Crippen molar-refractivity contribution in [3.8, 4) is 6.07 Å². The molecule has 15 heavy (non-hydrogen) atoms. The van der Waals surface area contributed by atoms with Crippen molar-refractivity contribution in [3.63, 3.8) is 0 Å². The van der Waals surface area contributed by atoms with Gasteiger partial charge in [0, 0.05) is 20.3 Å². The Labute approximate surface area is 88.5 Å². The summed E-state index contributed by atoms with van der Waals surface area (Å²) in [4.78, 5) is 0. The zero-order chi connectivity index (χ0) is 11.1. The quantitative estimate of drug-likeness (QED) is 0.754. The van der Waals surface area contributed by atoms with Gasteiger partial charge in [-0.25, -0.2) is 4.39 Å². The van der Waals surface area contributed by atoms with Crippen LogP contribution in [-0.2, 0) is 4.74 Å². The molecule has 0 saturated carbocycles. The molecule has 0 aromatic heterocycles. The first-order valence-corrected chi connectivity index (χ1v) is 4.70. The molecule has 3 nitrogen and oxygen atoms in total. The normalized spacial score (nSPS) is 9.67. The fourth-order valence-electron chi connectivity index (χ4n) is 1.17. The van der Waals surface area contributed by atoms with Crippen LogP contribution < -0.4 is 5.32 Å². The van der Waals surface area contributed by atoms with E-state index in [4.69, 9.17) is 10.00 Å². The molecule has 0 amide bonds. The number of halogens is 1. The standard InChI is InChI=1S/C11H13FN2O/c1-15-6-2-5-14-11-4-3-9(8-13)7-10(11)12/h3-4,7,14H,2,5-6H2,1H3. The maximum absolute atomic E-state index is 13.3. The van der Waals surface area contributed by atoms with Crippen LogP contribution in [0.5, 0.6) is 0 Å². The van der Waals surface area contributed by atoms with Crippen LogP contribution in [0, 0.1) is 17.1 Å². The number of methoxy groups -OCH3 is 1. The van der Waals surface area contributed by atoms with Crippen molar-refractivity contribution in [1.29, 1.82) is 5.26 Å². The maximum atomic E-state index is 13.3. The summed E-state index contributed by atoms with van der Waals surface area (Å²) in [5.74, 6) is -0.397. The predicted molar refractivity (Wildman–Crippen MR) is 56.1 cm³/mol. The molecule has 80 valence electrons. The van der Waals surface area contributed by atoms with E-state index in [2.05, 4.69) is 5.32 Å². The molecule has 1 rings (SSSR count). The highest BCUT2D eigenvalue weighted by Crippen LogP contribution is 2.14. The highest BCUT2D eigenvalue weighted by molar-refractivity contribution is 5.48. The Morgan fingerprint density at radius 2 is 2.33 bits per heavy atom. The van der Waals surface area contributed by atoms with Crippen LogP contribution in [0.4, 0.5) is 10.1 Å². The highest BCUT2D eigenvalue weighted by Gasteiger charge is 2.01. The Hall–Kier alpha value is -1.60. The predicted octanol–water partition coefficient (Wildman–Crippen LogP) is 2.15. The molecule has 1 aromatic rings. The molecule has 0 atom stereocenters. The second-order valence-corrected chi connectivity index (χ2v) is 3.08. The maximum Gasteiger partial charge on any atom is 0.147 e. The summed E-state index contributed by atoms with van der Waals surface area (Å²) in [6.45, 7) is 1.29. The first kappa shape index (κ1) is 11.5. The molecular formula is C11H13FN2O. The minimum Gasteiger partial charge on any atom is -0.385 e. The molecular weight excluding hydrogens is 195 g/mol. The van der Waals surface area contributed by atoms with Gasteiger partial charge in [-0.2, -0.15) is 5.26 Å². The number of benzene rings is 1. The lowest BCUT2D eigenvalue weighted by atomic mass is 10.2. The van der Waals surface area contributed by atoms with Crippen LogP contribution in [0.25, 0.3) is 0 Å². The largest absolute Gasteiger partial charge is 0.385 e. The van der Waals surface area contributed by atoms with Gasteiger partial charge in [0.2, 0.25) is 0 Å². The molecule has 1 aromatic carbocycles. The summed E-state index contributed by atoms with van der Waals surface area (Å²) < 4.78 is 18.2. The SMILES string of the molecule is COCCCNc1ccc(C#N)cc1F. The molecule has 0 heterocycles. The summed E-state index contributed by atoms with van der Waals surface area (Å²) >= 11 is 0. The fraction of sp³-hybridized carbons (Fsp3) is 0.364. The van der Waals surface area contributed by atoms with Gasteiger partial charge in [-0.15, -0.1) is 0 Å². The van der Waals surface area contributed by atoms with E-state index in [0.29, 0.717) is 24.4 Å². The second kappa shape index (κ2) is 5.99. The van der Waals surface area contributed by atoms with Crippen molar-refractivity contribution in [2.45, 2.75) is 6.42 Å². The molecule has 0 aliphatic rings. The second-order valence-electron chi connectivity index (χ2n) is 3.08. The van der Waals surface area contributed by atoms with E-state index < -0.39 is 5.82 Å². The van der Waals surface area contributed by atoms with Gasteiger partial charge in [0.25, 0.3) is 0 Å². The number of ether oxygens (including phenoxy) is 1. The van der Waals surface area contributed by atoms with Crippen molar-refractivity contribution in [2.24, 2.45) is 0 Å². The number of nitrogens with one attached hydrogen (secondary N) is 1. The molecule has 0 fully saturated rings. The third-order valence-corrected chi connectivity index (χ3v) is 1.94. The number of hydrogen-bond acceptors (Lipinski definition) is 3. The smallest absolute Gasteiger partial charge is 0.147 e. The number of hydrogen-bond donors (Lipinski definition) is 1. The fourth-order valence-corrected chi connectivity index (χ4v) is 1.17. The van der Waals surface area contributed by atoms with E-state index in [1.165, 1.54) is 6.07 Å². The molecule has 0 radical (unpaired) electrons. The van der Waals surface area contributed by atoms with Crippen molar-refractivity contribution in [1.82, 2.24) is 0 Å². The van der Waals surface area contributed by atoms with Crippen molar-refractivity contribution in [3.05, 3.63) is 29.6 Å². The molecule has 0 aliphatic heterocycles. The van der Waals surface area contributed by atoms with Gasteiger partial charge >= 0.3 is 0 Å². The third kappa shape index (κ3) is 3.56. The molecule has 0 aliphatic carbocycles. The Kier molecular flexibility index (Phi) is 4.58. The van der Waals surface area contributed by atoms with E-state index in [0.717, 1.165) is 6.42 Å². The highest BCUT2D eigenvalue weighted by atomic mass is 19.1. The topological polar surface area (TPSA) is 45.0 Å². The summed E-state index contributed by atoms with van der Waals surface area (Å²) in [7, 11) is 1.63. The average molecular weight is 208 g/mol. The molecule has 1 N–H and O–H groups in total. The lowest BCUT2D eigenvalue weighted by molar-refractivity contribution is 0.197. The van der Waals surface area contributed by atoms with Gasteiger partial charge in [-0.1, -0.05) is 0 Å². The van der Waals surface area contributed by atoms with Gasteiger partial charge in [0.05, 0.1) is 17.3 Å². The van der Waals surface area contributed by atoms with Crippen LogP contribution in [-0.4, -0.2) is 20.3 Å². The van der Waals surface area contributed by atoms with Crippen LogP contribution in [0.2, 0.25) is 0 Å². The number of anilines is 1. The molecule has 0 unspecified atom stereocenters. The minimum atomic E-state index is -0.397. The first-order chi connectivity index (χ1) is 7.27. The number of rotatable bonds is 5. The summed E-state index contributed by atoms with van der Waals surface area (Å²) in [5, 5.41) is 11.5. The minimum absolute atomic E-state index is 0.329. The van der Waals surface area contributed by atoms with Crippen LogP contribution in [0.3, 0.4) is 0 Å². The van der Waals surface area contributed by atoms with Crippen molar-refractivity contribution in [2.75, 3.05) is 25.6 Å². The zero-order valence-electron chi connectivity index (χ0n) is 8.59. The lowest BCUT2D eigenvalue weighted by Crippen LogP contribution is -2.06. The lowest BCUT2D eigenvalue weighted by Gasteiger charge is -2.06. The third-order valence-electron chi connectivity index (χ3n) is 1.94. The van der Waals surface area contributed by atoms with E-state index in [-0.39, 0.29) is 0 Å². The Balaban J connectivity index is 2.52.